The quantitative estimate of drug-likeness (QED) is 0.189. The van der Waals surface area contributed by atoms with Crippen LogP contribution in [0.4, 0.5) is 5.69 Å². The minimum Gasteiger partial charge on any atom is -0.369 e. The van der Waals surface area contributed by atoms with Gasteiger partial charge >= 0.3 is 0 Å². The summed E-state index contributed by atoms with van der Waals surface area (Å²) < 4.78 is 0. The van der Waals surface area contributed by atoms with E-state index in [1.54, 1.807) is 17.0 Å². The van der Waals surface area contributed by atoms with Crippen molar-refractivity contribution in [2.75, 3.05) is 4.90 Å². The summed E-state index contributed by atoms with van der Waals surface area (Å²) in [6, 6.07) is 46.2. The first kappa shape index (κ1) is 25.5. The van der Waals surface area contributed by atoms with Gasteiger partial charge in [0.25, 0.3) is 5.91 Å². The molecular weight excluding hydrogens is 494 g/mol. The van der Waals surface area contributed by atoms with Crippen molar-refractivity contribution in [2.24, 2.45) is 0 Å². The van der Waals surface area contributed by atoms with Gasteiger partial charge in [0.2, 0.25) is 5.60 Å². The van der Waals surface area contributed by atoms with Crippen LogP contribution in [0.2, 0.25) is 0 Å². The molecule has 0 radical (unpaired) electrons. The standard InChI is InChI=1S/C36H29NO3/c38-33(26-25-27-15-5-1-6-16-27)36(40)31-23-13-14-24-32(31)37(34(36)39)35(28-17-7-2-8-18-28,29-19-9-3-10-20-29)30-21-11-4-12-22-30/h1-24,40H,25-26H2/t36-/m1/s1. The van der Waals surface area contributed by atoms with E-state index in [4.69, 9.17) is 0 Å². The van der Waals surface area contributed by atoms with E-state index in [-0.39, 0.29) is 6.42 Å². The molecule has 0 saturated heterocycles. The van der Waals surface area contributed by atoms with Crippen molar-refractivity contribution in [3.63, 3.8) is 0 Å². The fraction of sp³-hybridized carbons (Fsp3) is 0.111. The van der Waals surface area contributed by atoms with Crippen LogP contribution in [-0.2, 0) is 27.1 Å². The van der Waals surface area contributed by atoms with Gasteiger partial charge in [-0.25, -0.2) is 0 Å². The van der Waals surface area contributed by atoms with Gasteiger partial charge in [-0.1, -0.05) is 140 Å². The Morgan fingerprint density at radius 2 is 1.05 bits per heavy atom. The number of rotatable bonds is 8. The Labute approximate surface area is 234 Å². The number of carbonyl (C=O) groups excluding carboxylic acids is 2. The lowest BCUT2D eigenvalue weighted by atomic mass is 9.75. The average molecular weight is 524 g/mol. The number of anilines is 1. The Morgan fingerprint density at radius 3 is 1.55 bits per heavy atom. The first-order chi connectivity index (χ1) is 19.6. The van der Waals surface area contributed by atoms with Gasteiger partial charge in [-0.3, -0.25) is 14.5 Å². The maximum absolute atomic E-state index is 14.8. The molecule has 1 heterocycles. The molecule has 196 valence electrons. The second-order valence-electron chi connectivity index (χ2n) is 10.1. The molecule has 0 unspecified atom stereocenters. The van der Waals surface area contributed by atoms with Crippen LogP contribution in [0.3, 0.4) is 0 Å². The van der Waals surface area contributed by atoms with Crippen molar-refractivity contribution in [2.45, 2.75) is 24.0 Å². The molecule has 0 bridgehead atoms. The van der Waals surface area contributed by atoms with Gasteiger partial charge in [0.1, 0.15) is 5.54 Å². The Bertz CT molecular complexity index is 1540. The minimum atomic E-state index is -2.31. The number of carbonyl (C=O) groups is 2. The van der Waals surface area contributed by atoms with Crippen LogP contribution in [0.15, 0.2) is 146 Å². The Balaban J connectivity index is 1.58. The number of amides is 1. The molecule has 0 spiro atoms. The first-order valence-corrected chi connectivity index (χ1v) is 13.5. The van der Waals surface area contributed by atoms with E-state index in [9.17, 15) is 14.7 Å². The summed E-state index contributed by atoms with van der Waals surface area (Å²) in [5.41, 5.74) is 0.868. The number of nitrogens with zero attached hydrogens (tertiary/aromatic N) is 1. The van der Waals surface area contributed by atoms with Crippen LogP contribution in [-0.4, -0.2) is 16.8 Å². The first-order valence-electron chi connectivity index (χ1n) is 13.5. The van der Waals surface area contributed by atoms with E-state index < -0.39 is 22.8 Å². The van der Waals surface area contributed by atoms with Gasteiger partial charge in [-0.15, -0.1) is 0 Å². The second-order valence-corrected chi connectivity index (χ2v) is 10.1. The van der Waals surface area contributed by atoms with Crippen LogP contribution >= 0.6 is 0 Å². The van der Waals surface area contributed by atoms with Gasteiger partial charge in [0, 0.05) is 12.0 Å². The number of fused-ring (bicyclic) bond motifs is 1. The number of hydrogen-bond donors (Lipinski definition) is 1. The molecule has 4 nitrogen and oxygen atoms in total. The molecule has 6 rings (SSSR count). The number of ketones is 1. The lowest BCUT2D eigenvalue weighted by Gasteiger charge is -2.44. The molecule has 1 atom stereocenters. The van der Waals surface area contributed by atoms with Gasteiger partial charge in [0.05, 0.1) is 5.69 Å². The normalized spacial score (nSPS) is 16.5. The molecule has 0 fully saturated rings. The van der Waals surface area contributed by atoms with Crippen molar-refractivity contribution in [1.29, 1.82) is 0 Å². The molecule has 1 N–H and O–H groups in total. The summed E-state index contributed by atoms with van der Waals surface area (Å²) in [6.07, 6.45) is 0.460. The number of aliphatic hydroxyl groups is 1. The average Bonchev–Trinajstić information content (AvgIpc) is 3.26. The largest absolute Gasteiger partial charge is 0.369 e. The van der Waals surface area contributed by atoms with E-state index in [0.717, 1.165) is 22.3 Å². The van der Waals surface area contributed by atoms with Crippen molar-refractivity contribution >= 4 is 17.4 Å². The third-order valence-corrected chi connectivity index (χ3v) is 7.84. The topological polar surface area (TPSA) is 57.6 Å². The van der Waals surface area contributed by atoms with Crippen molar-refractivity contribution in [3.05, 3.63) is 173 Å². The molecule has 5 aromatic rings. The summed E-state index contributed by atoms with van der Waals surface area (Å²) in [6.45, 7) is 0. The van der Waals surface area contributed by atoms with Crippen LogP contribution < -0.4 is 4.90 Å². The third kappa shape index (κ3) is 3.96. The molecule has 1 amide bonds. The maximum atomic E-state index is 14.8. The SMILES string of the molecule is O=C(CCc1ccccc1)[C@@]1(O)C(=O)N(C(c2ccccc2)(c2ccccc2)c2ccccc2)c2ccccc21. The van der Waals surface area contributed by atoms with Gasteiger partial charge < -0.3 is 5.11 Å². The van der Waals surface area contributed by atoms with Crippen LogP contribution in [0, 0.1) is 0 Å². The number of aryl methyl sites for hydroxylation is 1. The Hall–Kier alpha value is -4.80. The van der Waals surface area contributed by atoms with Gasteiger partial charge in [-0.2, -0.15) is 0 Å². The monoisotopic (exact) mass is 523 g/mol. The van der Waals surface area contributed by atoms with Gasteiger partial charge in [-0.05, 0) is 34.7 Å². The highest BCUT2D eigenvalue weighted by atomic mass is 16.3. The maximum Gasteiger partial charge on any atom is 0.272 e. The second kappa shape index (κ2) is 10.4. The van der Waals surface area contributed by atoms with Crippen molar-refractivity contribution in [1.82, 2.24) is 0 Å². The van der Waals surface area contributed by atoms with Crippen LogP contribution in [0.25, 0.3) is 0 Å². The Kier molecular flexibility index (Phi) is 6.63. The zero-order valence-corrected chi connectivity index (χ0v) is 22.0. The van der Waals surface area contributed by atoms with E-state index in [1.165, 1.54) is 0 Å². The number of Topliss-reactive ketones (excluding diaryl/α,β-unsaturated/α-hetero) is 1. The van der Waals surface area contributed by atoms with Crippen molar-refractivity contribution in [3.8, 4) is 0 Å². The molecule has 40 heavy (non-hydrogen) atoms. The zero-order chi connectivity index (χ0) is 27.6. The molecule has 0 aromatic heterocycles. The summed E-state index contributed by atoms with van der Waals surface area (Å²) in [5.74, 6) is -1.16. The lowest BCUT2D eigenvalue weighted by molar-refractivity contribution is -0.150. The predicted octanol–water partition coefficient (Wildman–Crippen LogP) is 6.41. The summed E-state index contributed by atoms with van der Waals surface area (Å²) in [5, 5.41) is 12.2. The van der Waals surface area contributed by atoms with E-state index >= 15 is 0 Å². The third-order valence-electron chi connectivity index (χ3n) is 7.84. The minimum absolute atomic E-state index is 0.0312. The predicted molar refractivity (Wildman–Crippen MR) is 157 cm³/mol. The van der Waals surface area contributed by atoms with Crippen LogP contribution in [0.5, 0.6) is 0 Å². The van der Waals surface area contributed by atoms with E-state index in [2.05, 4.69) is 0 Å². The molecule has 1 aliphatic rings. The molecule has 4 heteroatoms. The van der Waals surface area contributed by atoms with Crippen LogP contribution in [0.1, 0.15) is 34.2 Å². The van der Waals surface area contributed by atoms with Gasteiger partial charge in [0.15, 0.2) is 5.78 Å². The summed E-state index contributed by atoms with van der Waals surface area (Å²) in [4.78, 5) is 30.3. The highest BCUT2D eigenvalue weighted by Crippen LogP contribution is 2.52. The molecule has 0 aliphatic carbocycles. The number of para-hydroxylation sites is 1. The van der Waals surface area contributed by atoms with E-state index in [0.29, 0.717) is 17.7 Å². The highest BCUT2D eigenvalue weighted by Gasteiger charge is 2.60. The van der Waals surface area contributed by atoms with Crippen molar-refractivity contribution < 1.29 is 14.7 Å². The Morgan fingerprint density at radius 1 is 0.625 bits per heavy atom. The molecule has 1 aliphatic heterocycles. The zero-order valence-electron chi connectivity index (χ0n) is 22.0. The summed E-state index contributed by atoms with van der Waals surface area (Å²) in [7, 11) is 0. The molecule has 5 aromatic carbocycles. The molecular formula is C36H29NO3. The number of hydrogen-bond acceptors (Lipinski definition) is 3. The highest BCUT2D eigenvalue weighted by molar-refractivity contribution is 6.21. The molecule has 0 saturated carbocycles. The van der Waals surface area contributed by atoms with E-state index in [1.807, 2.05) is 133 Å². The fourth-order valence-electron chi connectivity index (χ4n) is 5.97. The fourth-order valence-corrected chi connectivity index (χ4v) is 5.97. The lowest BCUT2D eigenvalue weighted by Crippen LogP contribution is -2.55. The smallest absolute Gasteiger partial charge is 0.272 e. The number of benzene rings is 5. The summed E-state index contributed by atoms with van der Waals surface area (Å²) >= 11 is 0.